The molecule has 0 heterocycles. The number of aliphatic imine (C=N–C) groups is 1. The Kier molecular flexibility index (Phi) is 7.32. The molecule has 0 rings (SSSR count). The van der Waals surface area contributed by atoms with E-state index in [0.29, 0.717) is 13.0 Å². The number of rotatable bonds is 3. The van der Waals surface area contributed by atoms with E-state index in [9.17, 15) is 4.39 Å². The molecule has 0 saturated carbocycles. The molecule has 0 atom stereocenters. The summed E-state index contributed by atoms with van der Waals surface area (Å²) in [6.07, 6.45) is 1.40. The van der Waals surface area contributed by atoms with Crippen molar-refractivity contribution in [3.8, 4) is 0 Å². The van der Waals surface area contributed by atoms with Gasteiger partial charge in [0, 0.05) is 29.1 Å². The number of nitrogens with zero attached hydrogens (tertiary/aromatic N) is 1. The minimum atomic E-state index is 0.151. The van der Waals surface area contributed by atoms with Crippen LogP contribution in [-0.4, -0.2) is 12.0 Å². The average molecular weight is 277 g/mol. The molecule has 3 nitrogen and oxygen atoms in total. The van der Waals surface area contributed by atoms with Crippen molar-refractivity contribution in [2.24, 2.45) is 4.99 Å². The average Bonchev–Trinajstić information content (AvgIpc) is 1.97. The normalized spacial score (nSPS) is 12.5. The summed E-state index contributed by atoms with van der Waals surface area (Å²) < 4.78 is 14.0. The van der Waals surface area contributed by atoms with Crippen molar-refractivity contribution in [1.82, 2.24) is 8.85 Å². The predicted octanol–water partition coefficient (Wildman–Crippen LogP) is 1.51. The molecule has 0 aliphatic carbocycles. The quantitative estimate of drug-likeness (QED) is 0.270. The minimum Gasteiger partial charge on any atom is -0.335 e. The molecule has 0 aromatic carbocycles. The van der Waals surface area contributed by atoms with Gasteiger partial charge in [0.15, 0.2) is 5.29 Å². The molecular weight excluding hydrogens is 271 g/mol. The van der Waals surface area contributed by atoms with Gasteiger partial charge in [0.25, 0.3) is 0 Å². The van der Waals surface area contributed by atoms with Gasteiger partial charge < -0.3 is 5.32 Å². The molecule has 0 radical (unpaired) electrons. The van der Waals surface area contributed by atoms with Gasteiger partial charge in [0.2, 0.25) is 0 Å². The lowest BCUT2D eigenvalue weighted by Gasteiger charge is -1.93. The first-order valence-electron chi connectivity index (χ1n) is 2.36. The third-order valence-corrected chi connectivity index (χ3v) is 1.11. The minimum absolute atomic E-state index is 0.151. The largest absolute Gasteiger partial charge is 0.335 e. The predicted molar refractivity (Wildman–Crippen MR) is 48.7 cm³/mol. The van der Waals surface area contributed by atoms with Gasteiger partial charge >= 0.3 is 0 Å². The van der Waals surface area contributed by atoms with E-state index in [1.165, 1.54) is 0 Å². The van der Waals surface area contributed by atoms with Gasteiger partial charge in [0.05, 0.1) is 6.67 Å². The Labute approximate surface area is 77.2 Å². The molecule has 0 spiro atoms. The Balaban J connectivity index is 3.49. The van der Waals surface area contributed by atoms with Crippen LogP contribution in [0, 0.1) is 0 Å². The van der Waals surface area contributed by atoms with Gasteiger partial charge in [-0.3, -0.25) is 0 Å². The first kappa shape index (κ1) is 10.1. The van der Waals surface area contributed by atoms with Crippen molar-refractivity contribution in [2.75, 3.05) is 6.67 Å². The van der Waals surface area contributed by atoms with Gasteiger partial charge in [-0.15, -0.1) is 0 Å². The first-order chi connectivity index (χ1) is 4.81. The van der Waals surface area contributed by atoms with Gasteiger partial charge in [-0.1, -0.05) is 0 Å². The van der Waals surface area contributed by atoms with E-state index in [1.54, 1.807) is 0 Å². The fourth-order valence-electron chi connectivity index (χ4n) is 0.245. The van der Waals surface area contributed by atoms with Crippen molar-refractivity contribution < 1.29 is 4.39 Å². The summed E-state index contributed by atoms with van der Waals surface area (Å²) in [5.41, 5.74) is 0. The maximum absolute atomic E-state index is 11.3. The molecule has 0 bridgehead atoms. The molecule has 0 saturated heterocycles. The van der Waals surface area contributed by atoms with Crippen molar-refractivity contribution in [1.29, 1.82) is 0 Å². The van der Waals surface area contributed by atoms with Crippen LogP contribution in [0.15, 0.2) is 17.5 Å². The van der Waals surface area contributed by atoms with Crippen LogP contribution in [0.1, 0.15) is 0 Å². The van der Waals surface area contributed by atoms with Crippen LogP contribution >= 0.6 is 34.5 Å². The monoisotopic (exact) mass is 277 g/mol. The maximum atomic E-state index is 11.3. The number of amidine groups is 1. The van der Waals surface area contributed by atoms with Crippen molar-refractivity contribution in [3.63, 3.8) is 0 Å². The summed E-state index contributed by atoms with van der Waals surface area (Å²) in [5.74, 6) is 0. The zero-order chi connectivity index (χ0) is 7.82. The van der Waals surface area contributed by atoms with E-state index in [-0.39, 0.29) is 5.29 Å². The number of hydrogen-bond donors (Lipinski definition) is 2. The summed E-state index contributed by atoms with van der Waals surface area (Å²) in [7, 11) is 0. The molecule has 58 valence electrons. The molecule has 0 aromatic rings. The number of hydrogen-bond acceptors (Lipinski definition) is 2. The molecule has 2 N–H and O–H groups in total. The van der Waals surface area contributed by atoms with Gasteiger partial charge in [-0.25, -0.2) is 12.9 Å². The Morgan fingerprint density at radius 3 is 3.00 bits per heavy atom. The van der Waals surface area contributed by atoms with E-state index in [1.807, 2.05) is 22.9 Å². The molecule has 0 aliphatic heterocycles. The molecular formula is C4H6ClFIN3. The lowest BCUT2D eigenvalue weighted by Crippen LogP contribution is -2.12. The van der Waals surface area contributed by atoms with Crippen molar-refractivity contribution in [2.45, 2.75) is 0 Å². The third kappa shape index (κ3) is 6.24. The topological polar surface area (TPSA) is 36.4 Å². The second-order valence-electron chi connectivity index (χ2n) is 1.18. The zero-order valence-electron chi connectivity index (χ0n) is 4.94. The molecule has 10 heavy (non-hydrogen) atoms. The summed E-state index contributed by atoms with van der Waals surface area (Å²) in [5, 5.41) is 2.53. The Morgan fingerprint density at radius 1 is 1.80 bits per heavy atom. The van der Waals surface area contributed by atoms with Crippen LogP contribution in [0.5, 0.6) is 0 Å². The summed E-state index contributed by atoms with van der Waals surface area (Å²) >= 11 is 7.34. The van der Waals surface area contributed by atoms with Gasteiger partial charge in [-0.2, -0.15) is 0 Å². The second-order valence-corrected chi connectivity index (χ2v) is 2.30. The Bertz CT molecular complexity index is 138. The Morgan fingerprint density at radius 2 is 2.50 bits per heavy atom. The third-order valence-electron chi connectivity index (χ3n) is 0.543. The van der Waals surface area contributed by atoms with Crippen LogP contribution in [-0.2, 0) is 0 Å². The highest BCUT2D eigenvalue weighted by Crippen LogP contribution is 1.81. The van der Waals surface area contributed by atoms with Crippen LogP contribution < -0.4 is 8.85 Å². The van der Waals surface area contributed by atoms with Crippen LogP contribution in [0.4, 0.5) is 4.39 Å². The van der Waals surface area contributed by atoms with E-state index in [4.69, 9.17) is 11.6 Å². The zero-order valence-corrected chi connectivity index (χ0v) is 7.86. The van der Waals surface area contributed by atoms with Gasteiger partial charge in [0.1, 0.15) is 6.33 Å². The fourth-order valence-corrected chi connectivity index (χ4v) is 0.539. The lowest BCUT2D eigenvalue weighted by molar-refractivity contribution is 0.715. The molecule has 0 amide bonds. The SMILES string of the molecule is F/C=C/NC(Cl)=NCNI. The molecule has 0 aliphatic rings. The molecule has 0 unspecified atom stereocenters. The van der Waals surface area contributed by atoms with Crippen molar-refractivity contribution in [3.05, 3.63) is 12.5 Å². The second kappa shape index (κ2) is 7.23. The van der Waals surface area contributed by atoms with E-state index >= 15 is 0 Å². The molecule has 0 fully saturated rings. The van der Waals surface area contributed by atoms with Crippen LogP contribution in [0.2, 0.25) is 0 Å². The standard InChI is InChI=1S/C4H6ClFIN3/c5-4(8-2-1-6)9-3-10-7/h1-2,10H,3H2,(H,8,9)/b2-1+. The molecule has 0 aromatic heterocycles. The fraction of sp³-hybridized carbons (Fsp3) is 0.250. The molecule has 6 heteroatoms. The van der Waals surface area contributed by atoms with Crippen LogP contribution in [0.3, 0.4) is 0 Å². The van der Waals surface area contributed by atoms with E-state index in [2.05, 4.69) is 13.8 Å². The smallest absolute Gasteiger partial charge is 0.196 e. The van der Waals surface area contributed by atoms with Crippen LogP contribution in [0.25, 0.3) is 0 Å². The first-order valence-corrected chi connectivity index (χ1v) is 3.82. The summed E-state index contributed by atoms with van der Waals surface area (Å²) in [4.78, 5) is 3.71. The number of nitrogens with one attached hydrogen (secondary N) is 2. The highest BCUT2D eigenvalue weighted by atomic mass is 127. The highest BCUT2D eigenvalue weighted by Gasteiger charge is 1.85. The highest BCUT2D eigenvalue weighted by molar-refractivity contribution is 14.1. The maximum Gasteiger partial charge on any atom is 0.196 e. The van der Waals surface area contributed by atoms with Crippen molar-refractivity contribution >= 4 is 39.8 Å². The van der Waals surface area contributed by atoms with E-state index < -0.39 is 0 Å². The summed E-state index contributed by atoms with van der Waals surface area (Å²) in [6, 6.07) is 0. The lowest BCUT2D eigenvalue weighted by atomic mass is 10.9. The Hall–Kier alpha value is 0.120. The van der Waals surface area contributed by atoms with E-state index in [0.717, 1.165) is 6.20 Å². The van der Waals surface area contributed by atoms with Gasteiger partial charge in [-0.05, 0) is 11.6 Å². The summed E-state index contributed by atoms with van der Waals surface area (Å²) in [6.45, 7) is 0.395. The number of halogens is 3.